The van der Waals surface area contributed by atoms with Crippen molar-refractivity contribution in [2.24, 2.45) is 10.8 Å². The molecule has 1 heterocycles. The molecule has 6 nitrogen and oxygen atoms in total. The molecular formula is C13H15N5O. The Hall–Kier alpha value is -2.63. The van der Waals surface area contributed by atoms with Crippen LogP contribution in [0.4, 0.5) is 4.79 Å². The highest BCUT2D eigenvalue weighted by atomic mass is 16.2. The lowest BCUT2D eigenvalue weighted by molar-refractivity contribution is 0.249. The highest BCUT2D eigenvalue weighted by molar-refractivity contribution is 5.84. The molecule has 19 heavy (non-hydrogen) atoms. The SMILES string of the molecule is Cc1nn(-c2ccccc2)c(C)c1/C=N\NC(N)=O. The number of aryl methyl sites for hydroxylation is 1. The van der Waals surface area contributed by atoms with Crippen LogP contribution < -0.4 is 11.2 Å². The van der Waals surface area contributed by atoms with Crippen LogP contribution in [0.15, 0.2) is 35.4 Å². The topological polar surface area (TPSA) is 85.3 Å². The van der Waals surface area contributed by atoms with Gasteiger partial charge in [0.15, 0.2) is 0 Å². The second kappa shape index (κ2) is 5.34. The number of carbonyl (C=O) groups is 1. The van der Waals surface area contributed by atoms with E-state index < -0.39 is 6.03 Å². The van der Waals surface area contributed by atoms with E-state index in [4.69, 9.17) is 5.73 Å². The summed E-state index contributed by atoms with van der Waals surface area (Å²) < 4.78 is 1.83. The molecule has 0 spiro atoms. The predicted molar refractivity (Wildman–Crippen MR) is 73.4 cm³/mol. The molecule has 2 amide bonds. The van der Waals surface area contributed by atoms with E-state index in [-0.39, 0.29) is 0 Å². The standard InChI is InChI=1S/C13H15N5O/c1-9-12(8-15-16-13(14)19)10(2)18(17-9)11-6-4-3-5-7-11/h3-8H,1-2H3,(H3,14,16,19)/b15-8-. The Morgan fingerprint density at radius 1 is 1.37 bits per heavy atom. The number of hydrazone groups is 1. The van der Waals surface area contributed by atoms with Gasteiger partial charge in [0.1, 0.15) is 0 Å². The molecule has 0 aliphatic rings. The largest absolute Gasteiger partial charge is 0.350 e. The lowest BCUT2D eigenvalue weighted by Gasteiger charge is -2.03. The first-order chi connectivity index (χ1) is 9.09. The Balaban J connectivity index is 2.35. The van der Waals surface area contributed by atoms with Crippen LogP contribution in [0, 0.1) is 13.8 Å². The maximum Gasteiger partial charge on any atom is 0.332 e. The molecular weight excluding hydrogens is 242 g/mol. The summed E-state index contributed by atoms with van der Waals surface area (Å²) in [6.45, 7) is 3.83. The summed E-state index contributed by atoms with van der Waals surface area (Å²) in [6.07, 6.45) is 1.54. The molecule has 0 unspecified atom stereocenters. The van der Waals surface area contributed by atoms with Crippen LogP contribution in [0.1, 0.15) is 17.0 Å². The van der Waals surface area contributed by atoms with Crippen molar-refractivity contribution in [1.82, 2.24) is 15.2 Å². The number of nitrogens with one attached hydrogen (secondary N) is 1. The van der Waals surface area contributed by atoms with Crippen LogP contribution in [-0.2, 0) is 0 Å². The van der Waals surface area contributed by atoms with Gasteiger partial charge in [0.05, 0.1) is 23.3 Å². The average Bonchev–Trinajstić information content (AvgIpc) is 2.67. The third-order valence-corrected chi connectivity index (χ3v) is 2.72. The molecule has 6 heteroatoms. The van der Waals surface area contributed by atoms with Gasteiger partial charge in [0, 0.05) is 5.56 Å². The summed E-state index contributed by atoms with van der Waals surface area (Å²) in [5.41, 5.74) is 10.7. The van der Waals surface area contributed by atoms with E-state index in [9.17, 15) is 4.79 Å². The van der Waals surface area contributed by atoms with Gasteiger partial charge >= 0.3 is 6.03 Å². The van der Waals surface area contributed by atoms with E-state index in [2.05, 4.69) is 15.6 Å². The molecule has 0 fully saturated rings. The van der Waals surface area contributed by atoms with E-state index >= 15 is 0 Å². The van der Waals surface area contributed by atoms with Crippen molar-refractivity contribution in [1.29, 1.82) is 0 Å². The van der Waals surface area contributed by atoms with Gasteiger partial charge in [-0.05, 0) is 26.0 Å². The lowest BCUT2D eigenvalue weighted by atomic mass is 10.2. The quantitative estimate of drug-likeness (QED) is 0.644. The predicted octanol–water partition coefficient (Wildman–Crippen LogP) is 1.49. The molecule has 2 aromatic rings. The number of nitrogens with two attached hydrogens (primary N) is 1. The molecule has 0 aliphatic heterocycles. The fourth-order valence-electron chi connectivity index (χ4n) is 1.82. The molecule has 0 saturated carbocycles. The van der Waals surface area contributed by atoms with Crippen LogP contribution in [0.3, 0.4) is 0 Å². The molecule has 2 rings (SSSR count). The van der Waals surface area contributed by atoms with Crippen LogP contribution in [0.5, 0.6) is 0 Å². The fraction of sp³-hybridized carbons (Fsp3) is 0.154. The van der Waals surface area contributed by atoms with Crippen molar-refractivity contribution >= 4 is 12.2 Å². The highest BCUT2D eigenvalue weighted by Gasteiger charge is 2.10. The van der Waals surface area contributed by atoms with Crippen molar-refractivity contribution in [2.45, 2.75) is 13.8 Å². The number of amides is 2. The van der Waals surface area contributed by atoms with Gasteiger partial charge in [-0.1, -0.05) is 18.2 Å². The van der Waals surface area contributed by atoms with Crippen LogP contribution in [0.25, 0.3) is 5.69 Å². The van der Waals surface area contributed by atoms with Gasteiger partial charge in [0.2, 0.25) is 0 Å². The molecule has 98 valence electrons. The number of hydrogen-bond donors (Lipinski definition) is 2. The summed E-state index contributed by atoms with van der Waals surface area (Å²) in [5.74, 6) is 0. The highest BCUT2D eigenvalue weighted by Crippen LogP contribution is 2.15. The molecule has 0 atom stereocenters. The second-order valence-corrected chi connectivity index (χ2v) is 4.07. The lowest BCUT2D eigenvalue weighted by Crippen LogP contribution is -2.24. The third-order valence-electron chi connectivity index (χ3n) is 2.72. The van der Waals surface area contributed by atoms with Gasteiger partial charge < -0.3 is 5.73 Å². The van der Waals surface area contributed by atoms with E-state index in [1.807, 2.05) is 48.9 Å². The molecule has 0 aliphatic carbocycles. The van der Waals surface area contributed by atoms with Crippen molar-refractivity contribution < 1.29 is 4.79 Å². The first kappa shape index (κ1) is 12.8. The van der Waals surface area contributed by atoms with Gasteiger partial charge in [-0.3, -0.25) is 0 Å². The number of carbonyl (C=O) groups excluding carboxylic acids is 1. The van der Waals surface area contributed by atoms with Crippen LogP contribution in [0.2, 0.25) is 0 Å². The molecule has 1 aromatic heterocycles. The first-order valence-corrected chi connectivity index (χ1v) is 5.79. The third kappa shape index (κ3) is 2.79. The minimum atomic E-state index is -0.693. The number of para-hydroxylation sites is 1. The molecule has 1 aromatic carbocycles. The Morgan fingerprint density at radius 3 is 2.68 bits per heavy atom. The molecule has 0 radical (unpaired) electrons. The maximum absolute atomic E-state index is 10.6. The number of primary amides is 1. The van der Waals surface area contributed by atoms with E-state index in [0.717, 1.165) is 22.6 Å². The summed E-state index contributed by atoms with van der Waals surface area (Å²) >= 11 is 0. The van der Waals surface area contributed by atoms with Gasteiger partial charge in [-0.2, -0.15) is 10.2 Å². The van der Waals surface area contributed by atoms with Crippen molar-refractivity contribution in [3.63, 3.8) is 0 Å². The number of rotatable bonds is 3. The summed E-state index contributed by atoms with van der Waals surface area (Å²) in [4.78, 5) is 10.6. The van der Waals surface area contributed by atoms with Gasteiger partial charge in [-0.25, -0.2) is 14.9 Å². The average molecular weight is 257 g/mol. The smallest absolute Gasteiger partial charge is 0.332 e. The first-order valence-electron chi connectivity index (χ1n) is 5.79. The van der Waals surface area contributed by atoms with Crippen molar-refractivity contribution in [2.75, 3.05) is 0 Å². The molecule has 0 saturated heterocycles. The van der Waals surface area contributed by atoms with Crippen LogP contribution >= 0.6 is 0 Å². The molecule has 3 N–H and O–H groups in total. The number of hydrogen-bond acceptors (Lipinski definition) is 3. The van der Waals surface area contributed by atoms with E-state index in [1.54, 1.807) is 6.21 Å². The van der Waals surface area contributed by atoms with Crippen molar-refractivity contribution in [3.05, 3.63) is 47.3 Å². The summed E-state index contributed by atoms with van der Waals surface area (Å²) in [5, 5.41) is 8.23. The van der Waals surface area contributed by atoms with Gasteiger partial charge in [-0.15, -0.1) is 0 Å². The summed E-state index contributed by atoms with van der Waals surface area (Å²) in [6, 6.07) is 9.11. The normalized spacial score (nSPS) is 10.8. The van der Waals surface area contributed by atoms with E-state index in [1.165, 1.54) is 0 Å². The summed E-state index contributed by atoms with van der Waals surface area (Å²) in [7, 11) is 0. The zero-order valence-electron chi connectivity index (χ0n) is 10.8. The maximum atomic E-state index is 10.6. The van der Waals surface area contributed by atoms with Crippen molar-refractivity contribution in [3.8, 4) is 5.69 Å². The number of nitrogens with zero attached hydrogens (tertiary/aromatic N) is 3. The second-order valence-electron chi connectivity index (χ2n) is 4.07. The van der Waals surface area contributed by atoms with Gasteiger partial charge in [0.25, 0.3) is 0 Å². The Kier molecular flexibility index (Phi) is 3.61. The minimum absolute atomic E-state index is 0.693. The fourth-order valence-corrected chi connectivity index (χ4v) is 1.82. The van der Waals surface area contributed by atoms with E-state index in [0.29, 0.717) is 0 Å². The monoisotopic (exact) mass is 257 g/mol. The molecule has 0 bridgehead atoms. The zero-order chi connectivity index (χ0) is 13.8. The Labute approximate surface area is 110 Å². The minimum Gasteiger partial charge on any atom is -0.350 e. The Bertz CT molecular complexity index is 615. The number of aromatic nitrogens is 2. The zero-order valence-corrected chi connectivity index (χ0v) is 10.8. The Morgan fingerprint density at radius 2 is 2.05 bits per heavy atom. The van der Waals surface area contributed by atoms with Crippen LogP contribution in [-0.4, -0.2) is 22.0 Å². The number of urea groups is 1. The number of benzene rings is 1.